The quantitative estimate of drug-likeness (QED) is 0.440. The first kappa shape index (κ1) is 11.4. The van der Waals surface area contributed by atoms with Gasteiger partial charge in [0.1, 0.15) is 11.4 Å². The van der Waals surface area contributed by atoms with Gasteiger partial charge in [0.2, 0.25) is 5.69 Å². The molecule has 12 heteroatoms. The summed E-state index contributed by atoms with van der Waals surface area (Å²) in [5.74, 6) is -2.42. The molecule has 0 saturated carbocycles. The van der Waals surface area contributed by atoms with E-state index in [0.29, 0.717) is 4.68 Å². The molecule has 0 aliphatic carbocycles. The van der Waals surface area contributed by atoms with Crippen LogP contribution in [0.25, 0.3) is 0 Å². The third-order valence-electron chi connectivity index (χ3n) is 3.12. The Labute approximate surface area is 175 Å². The maximum absolute atomic E-state index is 11.3. The summed E-state index contributed by atoms with van der Waals surface area (Å²) in [7, 11) is 0. The van der Waals surface area contributed by atoms with E-state index < -0.39 is 66.2 Å². The van der Waals surface area contributed by atoms with Gasteiger partial charge in [0.15, 0.2) is 0 Å². The molecule has 12 nitrogen and oxygen atoms in total. The summed E-state index contributed by atoms with van der Waals surface area (Å²) in [6, 6.07) is 0. The lowest BCUT2D eigenvalue weighted by Gasteiger charge is -1.96. The molecule has 0 unspecified atom stereocenters. The molecule has 0 spiro atoms. The fraction of sp³-hybridized carbons (Fsp3) is 0.500. The summed E-state index contributed by atoms with van der Waals surface area (Å²) in [6.07, 6.45) is -4.34. The molecule has 154 valence electrons. The first-order chi connectivity index (χ1) is 17.0. The van der Waals surface area contributed by atoms with Gasteiger partial charge in [-0.15, -0.1) is 0 Å². The smallest absolute Gasteiger partial charge is 0.323 e. The van der Waals surface area contributed by atoms with Crippen LogP contribution in [0.15, 0.2) is 0 Å². The Balaban J connectivity index is 0.000000382. The van der Waals surface area contributed by atoms with Crippen LogP contribution in [0.1, 0.15) is 72.8 Å². The molecule has 0 saturated heterocycles. The lowest BCUT2D eigenvalue weighted by Crippen LogP contribution is -2.17. The van der Waals surface area contributed by atoms with Crippen LogP contribution in [0.2, 0.25) is 0 Å². The van der Waals surface area contributed by atoms with Crippen molar-refractivity contribution in [2.75, 3.05) is 5.73 Å². The van der Waals surface area contributed by atoms with Crippen molar-refractivity contribution in [2.24, 2.45) is 25.4 Å². The number of carbonyl (C=O) groups excluding carboxylic acids is 2. The number of carbonyl (C=O) groups is 2. The lowest BCUT2D eigenvalue weighted by atomic mass is 10.2. The zero-order valence-corrected chi connectivity index (χ0v) is 15.0. The average Bonchev–Trinajstić information content (AvgIpc) is 3.34. The van der Waals surface area contributed by atoms with Gasteiger partial charge in [-0.05, 0) is 12.7 Å². The lowest BCUT2D eigenvalue weighted by molar-refractivity contribution is -0.385. The Kier molecular flexibility index (Phi) is 3.87. The third-order valence-corrected chi connectivity index (χ3v) is 3.12. The van der Waals surface area contributed by atoms with Gasteiger partial charge in [0.05, 0.1) is 16.3 Å². The highest BCUT2D eigenvalue weighted by molar-refractivity contribution is 5.96. The number of amides is 2. The van der Waals surface area contributed by atoms with Crippen LogP contribution in [0, 0.1) is 10.1 Å². The Bertz CT molecular complexity index is 1230. The molecule has 2 aromatic rings. The number of nitro groups is 1. The molecule has 0 aliphatic rings. The van der Waals surface area contributed by atoms with Gasteiger partial charge in [-0.25, -0.2) is 0 Å². The number of rotatable bonds is 7. The zero-order chi connectivity index (χ0) is 30.2. The predicted molar refractivity (Wildman–Crippen MR) is 103 cm³/mol. The van der Waals surface area contributed by atoms with Crippen molar-refractivity contribution in [3.05, 3.63) is 32.9 Å². The van der Waals surface area contributed by atoms with Gasteiger partial charge < -0.3 is 17.2 Å². The van der Waals surface area contributed by atoms with E-state index in [1.807, 2.05) is 0 Å². The van der Waals surface area contributed by atoms with Crippen LogP contribution in [-0.4, -0.2) is 36.3 Å². The van der Waals surface area contributed by atoms with Gasteiger partial charge >= 0.3 is 5.69 Å². The molecule has 2 rings (SSSR count). The van der Waals surface area contributed by atoms with Gasteiger partial charge in [-0.2, -0.15) is 10.2 Å². The summed E-state index contributed by atoms with van der Waals surface area (Å²) in [5, 5.41) is 18.0. The fourth-order valence-electron chi connectivity index (χ4n) is 2.06. The van der Waals surface area contributed by atoms with Crippen LogP contribution in [0.4, 0.5) is 11.4 Å². The van der Waals surface area contributed by atoms with Crippen molar-refractivity contribution in [1.82, 2.24) is 19.6 Å². The van der Waals surface area contributed by atoms with E-state index in [9.17, 15) is 19.7 Å². The van der Waals surface area contributed by atoms with Crippen LogP contribution in [-0.2, 0) is 26.7 Å². The average molecular weight is 404 g/mol. The van der Waals surface area contributed by atoms with Crippen molar-refractivity contribution in [1.29, 1.82) is 0 Å². The Morgan fingerprint density at radius 3 is 1.93 bits per heavy atom. The van der Waals surface area contributed by atoms with Crippen molar-refractivity contribution in [2.45, 2.75) is 39.4 Å². The highest BCUT2D eigenvalue weighted by Gasteiger charge is 2.29. The number of aromatic nitrogens is 4. The topological polar surface area (TPSA) is 191 Å². The summed E-state index contributed by atoms with van der Waals surface area (Å²) in [4.78, 5) is 32.5. The molecule has 0 fully saturated rings. The van der Waals surface area contributed by atoms with Crippen LogP contribution in [0.5, 0.6) is 0 Å². The molecule has 0 atom stereocenters. The molecule has 6 N–H and O–H groups in total. The van der Waals surface area contributed by atoms with E-state index in [-0.39, 0.29) is 28.9 Å². The van der Waals surface area contributed by atoms with Crippen LogP contribution < -0.4 is 17.2 Å². The highest BCUT2D eigenvalue weighted by Crippen LogP contribution is 2.23. The van der Waals surface area contributed by atoms with Gasteiger partial charge in [-0.1, -0.05) is 26.7 Å². The Morgan fingerprint density at radius 1 is 1.07 bits per heavy atom. The second kappa shape index (κ2) is 9.48. The SMILES string of the molecule is [2H]C([2H])(CC)c1nn(C([2H])([2H])[2H])c(C(N)=O)c1N.[2H]C([2H])(CC)c1nn(C([2H])([2H])[2H])c(C(N)=O)c1[N+](=O)[O-]. The van der Waals surface area contributed by atoms with Crippen LogP contribution in [0.3, 0.4) is 0 Å². The molecule has 0 aliphatic heterocycles. The fourth-order valence-corrected chi connectivity index (χ4v) is 2.06. The molecule has 0 radical (unpaired) electrons. The van der Waals surface area contributed by atoms with Gasteiger partial charge in [0.25, 0.3) is 11.8 Å². The first-order valence-electron chi connectivity index (χ1n) is 12.7. The molecule has 2 amide bonds. The molecule has 0 aromatic carbocycles. The van der Waals surface area contributed by atoms with E-state index in [0.717, 1.165) is 0 Å². The number of nitrogen functional groups attached to an aromatic ring is 1. The number of hydrogen-bond donors (Lipinski definition) is 3. The summed E-state index contributed by atoms with van der Waals surface area (Å²) in [5.41, 5.74) is 11.8. The maximum atomic E-state index is 11.3. The molecule has 2 aromatic heterocycles. The maximum Gasteiger partial charge on any atom is 0.323 e. The van der Waals surface area contributed by atoms with E-state index in [1.54, 1.807) is 6.92 Å². The van der Waals surface area contributed by atoms with E-state index >= 15 is 0 Å². The number of nitrogens with zero attached hydrogens (tertiary/aromatic N) is 5. The normalized spacial score (nSPS) is 17.5. The minimum atomic E-state index is -2.99. The number of primary amides is 2. The molecular weight excluding hydrogens is 368 g/mol. The number of aryl methyl sites for hydroxylation is 4. The van der Waals surface area contributed by atoms with E-state index in [1.165, 1.54) is 6.92 Å². The zero-order valence-electron chi connectivity index (χ0n) is 25.0. The van der Waals surface area contributed by atoms with Crippen molar-refractivity contribution >= 4 is 23.2 Å². The van der Waals surface area contributed by atoms with Gasteiger partial charge in [-0.3, -0.25) is 29.1 Å². The number of anilines is 1. The monoisotopic (exact) mass is 404 g/mol. The van der Waals surface area contributed by atoms with E-state index in [4.69, 9.17) is 30.9 Å². The largest absolute Gasteiger partial charge is 0.395 e. The standard InChI is InChI=1S/C8H12N4O3.C8H14N4O/c1-3-4-5-6(12(14)15)7(8(9)13)11(2)10-5;1-3-4-5-6(9)7(8(10)13)12(2)11-5/h3-4H2,1-2H3,(H2,9,13);3-4,9H2,1-2H3,(H2,10,13)/i2*2D3,4D2. The third kappa shape index (κ3) is 4.84. The van der Waals surface area contributed by atoms with Crippen molar-refractivity contribution in [3.8, 4) is 0 Å². The number of hydrogen-bond acceptors (Lipinski definition) is 7. The first-order valence-corrected chi connectivity index (χ1v) is 7.73. The van der Waals surface area contributed by atoms with Gasteiger partial charge in [0, 0.05) is 27.7 Å². The van der Waals surface area contributed by atoms with E-state index in [2.05, 4.69) is 10.2 Å². The van der Waals surface area contributed by atoms with Crippen LogP contribution >= 0.6 is 0 Å². The molecule has 2 heterocycles. The Hall–Kier alpha value is -3.44. The second-order valence-corrected chi connectivity index (χ2v) is 5.03. The molecule has 28 heavy (non-hydrogen) atoms. The predicted octanol–water partition coefficient (Wildman–Crippen LogP) is 0.433. The number of nitrogens with two attached hydrogens (primary N) is 3. The molecular formula is C16H26N8O4. The second-order valence-electron chi connectivity index (χ2n) is 5.03. The summed E-state index contributed by atoms with van der Waals surface area (Å²) < 4.78 is 74.5. The summed E-state index contributed by atoms with van der Waals surface area (Å²) in [6.45, 7) is -2.78. The Morgan fingerprint density at radius 2 is 1.54 bits per heavy atom. The minimum Gasteiger partial charge on any atom is -0.395 e. The van der Waals surface area contributed by atoms with Crippen molar-refractivity contribution in [3.63, 3.8) is 0 Å². The molecule has 0 bridgehead atoms. The highest BCUT2D eigenvalue weighted by atomic mass is 16.6. The summed E-state index contributed by atoms with van der Waals surface area (Å²) >= 11 is 0. The van der Waals surface area contributed by atoms with Crippen molar-refractivity contribution < 1.29 is 28.2 Å². The minimum absolute atomic E-state index is 0.0351.